The van der Waals surface area contributed by atoms with E-state index in [2.05, 4.69) is 5.32 Å². The van der Waals surface area contributed by atoms with Gasteiger partial charge in [0.2, 0.25) is 5.91 Å². The fourth-order valence-electron chi connectivity index (χ4n) is 3.69. The van der Waals surface area contributed by atoms with Gasteiger partial charge in [-0.15, -0.1) is 0 Å². The van der Waals surface area contributed by atoms with Gasteiger partial charge in [-0.3, -0.25) is 19.3 Å². The molecule has 4 rings (SSSR count). The maximum atomic E-state index is 12.9. The van der Waals surface area contributed by atoms with E-state index in [9.17, 15) is 19.5 Å². The van der Waals surface area contributed by atoms with Gasteiger partial charge in [-0.05, 0) is 86.6 Å². The highest BCUT2D eigenvalue weighted by atomic mass is 32.2. The molecule has 1 fully saturated rings. The SMILES string of the molecule is Cc1ccc(NC(=O)CN2C(=O)S/C(=C\c3cc(C)n(-c4ccc(O)cc4)c3C)C2=O)cc1. The summed E-state index contributed by atoms with van der Waals surface area (Å²) in [5.74, 6) is -0.743. The summed E-state index contributed by atoms with van der Waals surface area (Å²) in [6.07, 6.45) is 1.68. The first-order valence-corrected chi connectivity index (χ1v) is 11.1. The van der Waals surface area contributed by atoms with Crippen LogP contribution < -0.4 is 5.32 Å². The van der Waals surface area contributed by atoms with Gasteiger partial charge < -0.3 is 15.0 Å². The van der Waals surface area contributed by atoms with E-state index in [0.29, 0.717) is 5.69 Å². The minimum absolute atomic E-state index is 0.182. The summed E-state index contributed by atoms with van der Waals surface area (Å²) in [4.78, 5) is 38.9. The number of rotatable bonds is 5. The quantitative estimate of drug-likeness (QED) is 0.534. The van der Waals surface area contributed by atoms with E-state index in [-0.39, 0.29) is 17.2 Å². The normalized spacial score (nSPS) is 14.9. The third kappa shape index (κ3) is 4.70. The number of benzene rings is 2. The van der Waals surface area contributed by atoms with E-state index < -0.39 is 17.1 Å². The van der Waals surface area contributed by atoms with Crippen LogP contribution in [0.2, 0.25) is 0 Å². The molecule has 1 aliphatic heterocycles. The fourth-order valence-corrected chi connectivity index (χ4v) is 4.52. The van der Waals surface area contributed by atoms with Gasteiger partial charge in [-0.2, -0.15) is 0 Å². The van der Waals surface area contributed by atoms with Crippen molar-refractivity contribution in [3.63, 3.8) is 0 Å². The second-order valence-corrected chi connectivity index (χ2v) is 8.85. The van der Waals surface area contributed by atoms with Crippen LogP contribution in [0.25, 0.3) is 11.8 Å². The Morgan fingerprint density at radius 2 is 1.70 bits per heavy atom. The van der Waals surface area contributed by atoms with Crippen molar-refractivity contribution >= 4 is 40.6 Å². The molecule has 33 heavy (non-hydrogen) atoms. The number of hydrogen-bond donors (Lipinski definition) is 2. The Labute approximate surface area is 195 Å². The second kappa shape index (κ2) is 8.99. The number of phenolic OH excluding ortho intramolecular Hbond substituents is 1. The molecule has 0 unspecified atom stereocenters. The molecule has 0 atom stereocenters. The molecule has 2 heterocycles. The highest BCUT2D eigenvalue weighted by molar-refractivity contribution is 8.18. The number of carbonyl (C=O) groups excluding carboxylic acids is 3. The van der Waals surface area contributed by atoms with E-state index in [4.69, 9.17) is 0 Å². The van der Waals surface area contributed by atoms with E-state index >= 15 is 0 Å². The Bertz CT molecular complexity index is 1270. The van der Waals surface area contributed by atoms with Crippen molar-refractivity contribution in [2.24, 2.45) is 0 Å². The van der Waals surface area contributed by atoms with Gasteiger partial charge in [-0.25, -0.2) is 0 Å². The lowest BCUT2D eigenvalue weighted by molar-refractivity contribution is -0.127. The minimum atomic E-state index is -0.488. The van der Waals surface area contributed by atoms with Crippen molar-refractivity contribution < 1.29 is 19.5 Å². The summed E-state index contributed by atoms with van der Waals surface area (Å²) >= 11 is 0.825. The predicted molar refractivity (Wildman–Crippen MR) is 129 cm³/mol. The smallest absolute Gasteiger partial charge is 0.294 e. The zero-order chi connectivity index (χ0) is 23.7. The van der Waals surface area contributed by atoms with Crippen molar-refractivity contribution in [3.05, 3.63) is 82.0 Å². The van der Waals surface area contributed by atoms with Gasteiger partial charge >= 0.3 is 0 Å². The van der Waals surface area contributed by atoms with Crippen LogP contribution in [0.1, 0.15) is 22.5 Å². The summed E-state index contributed by atoms with van der Waals surface area (Å²) in [7, 11) is 0. The lowest BCUT2D eigenvalue weighted by Gasteiger charge is -2.12. The number of anilines is 1. The molecule has 1 aliphatic rings. The van der Waals surface area contributed by atoms with Crippen LogP contribution in [0.15, 0.2) is 59.5 Å². The molecular formula is C25H23N3O4S. The Hall–Kier alpha value is -3.78. The van der Waals surface area contributed by atoms with Crippen LogP contribution in [0.4, 0.5) is 10.5 Å². The molecule has 1 aromatic heterocycles. The number of carbonyl (C=O) groups is 3. The highest BCUT2D eigenvalue weighted by Crippen LogP contribution is 2.33. The standard InChI is InChI=1S/C25H23N3O4S/c1-15-4-6-19(7-5-15)26-23(30)14-27-24(31)22(33-25(27)32)13-18-12-16(2)28(17(18)3)20-8-10-21(29)11-9-20/h4-13,29H,14H2,1-3H3,(H,26,30)/b22-13-. The first-order valence-electron chi connectivity index (χ1n) is 10.3. The summed E-state index contributed by atoms with van der Waals surface area (Å²) in [5, 5.41) is 11.8. The van der Waals surface area contributed by atoms with Gasteiger partial charge in [0.1, 0.15) is 12.3 Å². The van der Waals surface area contributed by atoms with Gasteiger partial charge in [0.25, 0.3) is 11.1 Å². The minimum Gasteiger partial charge on any atom is -0.508 e. The molecule has 0 bridgehead atoms. The average Bonchev–Trinajstić information content (AvgIpc) is 3.20. The predicted octanol–water partition coefficient (Wildman–Crippen LogP) is 4.78. The summed E-state index contributed by atoms with van der Waals surface area (Å²) in [6.45, 7) is 5.46. The van der Waals surface area contributed by atoms with Crippen LogP contribution in [0.5, 0.6) is 5.75 Å². The number of aryl methyl sites for hydroxylation is 2. The maximum absolute atomic E-state index is 12.9. The largest absolute Gasteiger partial charge is 0.508 e. The van der Waals surface area contributed by atoms with Crippen LogP contribution >= 0.6 is 11.8 Å². The number of phenols is 1. The van der Waals surface area contributed by atoms with Crippen molar-refractivity contribution in [1.29, 1.82) is 0 Å². The molecule has 0 spiro atoms. The Balaban J connectivity index is 1.52. The molecule has 3 amide bonds. The molecule has 1 saturated heterocycles. The Morgan fingerprint density at radius 3 is 2.36 bits per heavy atom. The van der Waals surface area contributed by atoms with Crippen molar-refractivity contribution in [3.8, 4) is 11.4 Å². The second-order valence-electron chi connectivity index (χ2n) is 7.86. The average molecular weight is 462 g/mol. The maximum Gasteiger partial charge on any atom is 0.294 e. The number of nitrogens with zero attached hydrogens (tertiary/aromatic N) is 2. The summed E-state index contributed by atoms with van der Waals surface area (Å²) < 4.78 is 2.00. The van der Waals surface area contributed by atoms with Crippen LogP contribution in [0, 0.1) is 20.8 Å². The monoisotopic (exact) mass is 461 g/mol. The molecule has 0 radical (unpaired) electrons. The first kappa shape index (κ1) is 22.4. The number of imide groups is 1. The van der Waals surface area contributed by atoms with Crippen molar-refractivity contribution in [2.45, 2.75) is 20.8 Å². The van der Waals surface area contributed by atoms with E-state index in [0.717, 1.165) is 44.9 Å². The number of nitrogens with one attached hydrogen (secondary N) is 1. The number of aromatic hydroxyl groups is 1. The van der Waals surface area contributed by atoms with Crippen LogP contribution in [-0.2, 0) is 9.59 Å². The molecular weight excluding hydrogens is 438 g/mol. The third-order valence-corrected chi connectivity index (χ3v) is 6.28. The van der Waals surface area contributed by atoms with Crippen LogP contribution in [-0.4, -0.2) is 38.2 Å². The zero-order valence-electron chi connectivity index (χ0n) is 18.5. The molecule has 7 nitrogen and oxygen atoms in total. The Kier molecular flexibility index (Phi) is 6.11. The molecule has 0 aliphatic carbocycles. The molecule has 3 aromatic rings. The lowest BCUT2D eigenvalue weighted by Crippen LogP contribution is -2.36. The van der Waals surface area contributed by atoms with Crippen molar-refractivity contribution in [1.82, 2.24) is 9.47 Å². The van der Waals surface area contributed by atoms with Gasteiger partial charge in [0.15, 0.2) is 0 Å². The Morgan fingerprint density at radius 1 is 1.03 bits per heavy atom. The summed E-state index contributed by atoms with van der Waals surface area (Å²) in [6, 6.07) is 16.0. The molecule has 0 saturated carbocycles. The number of thioether (sulfide) groups is 1. The topological polar surface area (TPSA) is 91.6 Å². The van der Waals surface area contributed by atoms with Gasteiger partial charge in [0.05, 0.1) is 4.91 Å². The fraction of sp³-hybridized carbons (Fsp3) is 0.160. The molecule has 2 aromatic carbocycles. The van der Waals surface area contributed by atoms with Crippen molar-refractivity contribution in [2.75, 3.05) is 11.9 Å². The molecule has 168 valence electrons. The molecule has 8 heteroatoms. The van der Waals surface area contributed by atoms with E-state index in [1.54, 1.807) is 42.5 Å². The summed E-state index contributed by atoms with van der Waals surface area (Å²) in [5.41, 5.74) is 5.19. The molecule has 2 N–H and O–H groups in total. The number of hydrogen-bond acceptors (Lipinski definition) is 5. The van der Waals surface area contributed by atoms with E-state index in [1.165, 1.54) is 0 Å². The lowest BCUT2D eigenvalue weighted by atomic mass is 10.2. The third-order valence-electron chi connectivity index (χ3n) is 5.38. The number of aromatic nitrogens is 1. The van der Waals surface area contributed by atoms with Crippen LogP contribution in [0.3, 0.4) is 0 Å². The number of amides is 3. The zero-order valence-corrected chi connectivity index (χ0v) is 19.3. The highest BCUT2D eigenvalue weighted by Gasteiger charge is 2.36. The first-order chi connectivity index (χ1) is 15.7. The van der Waals surface area contributed by atoms with Gasteiger partial charge in [0, 0.05) is 22.8 Å². The van der Waals surface area contributed by atoms with Gasteiger partial charge in [-0.1, -0.05) is 17.7 Å². The van der Waals surface area contributed by atoms with E-state index in [1.807, 2.05) is 43.5 Å².